The smallest absolute Gasteiger partial charge is 0.318 e. The standard InChI is InChI=1S/C22H19Cl2F2N5O2/c23-15-3-1-12(7-17(15)26)20(11-32)30-22(33)31-6-5-13-9-27-21(29-19(13)10-31)28-18-4-2-14(25)8-16(18)24/h1-4,7-9,20,32H,5-6,10-11H2,(H,30,33)(H,27,28,29)/t20-/m1/s1. The Hall–Kier alpha value is -3.01. The van der Waals surface area contributed by atoms with E-state index < -0.39 is 30.3 Å². The molecule has 0 spiro atoms. The highest BCUT2D eigenvalue weighted by molar-refractivity contribution is 6.33. The van der Waals surface area contributed by atoms with Crippen molar-refractivity contribution in [1.82, 2.24) is 20.2 Å². The molecule has 0 radical (unpaired) electrons. The Kier molecular flexibility index (Phi) is 6.92. The van der Waals surface area contributed by atoms with Crippen LogP contribution in [0.25, 0.3) is 0 Å². The molecule has 0 fully saturated rings. The lowest BCUT2D eigenvalue weighted by Gasteiger charge is -2.30. The predicted molar refractivity (Wildman–Crippen MR) is 121 cm³/mol. The summed E-state index contributed by atoms with van der Waals surface area (Å²) in [7, 11) is 0. The van der Waals surface area contributed by atoms with Crippen molar-refractivity contribution < 1.29 is 18.7 Å². The lowest BCUT2D eigenvalue weighted by Crippen LogP contribution is -2.45. The van der Waals surface area contributed by atoms with Gasteiger partial charge < -0.3 is 20.6 Å². The molecular weight excluding hydrogens is 475 g/mol. The fourth-order valence-corrected chi connectivity index (χ4v) is 3.78. The van der Waals surface area contributed by atoms with Crippen molar-refractivity contribution in [2.24, 2.45) is 0 Å². The summed E-state index contributed by atoms with van der Waals surface area (Å²) in [5.74, 6) is -0.831. The first-order valence-corrected chi connectivity index (χ1v) is 10.8. The maximum absolute atomic E-state index is 13.8. The number of nitrogens with zero attached hydrogens (tertiary/aromatic N) is 3. The summed E-state index contributed by atoms with van der Waals surface area (Å²) in [5.41, 5.74) is 2.39. The third-order valence-corrected chi connectivity index (χ3v) is 5.86. The van der Waals surface area contributed by atoms with Crippen LogP contribution in [0.5, 0.6) is 0 Å². The number of carbonyl (C=O) groups is 1. The number of aliphatic hydroxyl groups is 1. The number of amides is 2. The normalized spacial score (nSPS) is 13.9. The van der Waals surface area contributed by atoms with E-state index in [0.29, 0.717) is 29.9 Å². The lowest BCUT2D eigenvalue weighted by atomic mass is 10.1. The molecule has 2 amide bonds. The van der Waals surface area contributed by atoms with E-state index in [1.165, 1.54) is 30.3 Å². The molecule has 2 aromatic carbocycles. The van der Waals surface area contributed by atoms with E-state index in [1.807, 2.05) is 0 Å². The largest absolute Gasteiger partial charge is 0.394 e. The number of aromatic nitrogens is 2. The van der Waals surface area contributed by atoms with Gasteiger partial charge in [-0.05, 0) is 47.9 Å². The first-order valence-electron chi connectivity index (χ1n) is 10.0. The summed E-state index contributed by atoms with van der Waals surface area (Å²) in [6.07, 6.45) is 2.21. The molecule has 1 atom stereocenters. The summed E-state index contributed by atoms with van der Waals surface area (Å²) in [6, 6.07) is 6.80. The van der Waals surface area contributed by atoms with Gasteiger partial charge in [-0.1, -0.05) is 29.3 Å². The van der Waals surface area contributed by atoms with Crippen LogP contribution in [0.2, 0.25) is 10.0 Å². The van der Waals surface area contributed by atoms with E-state index >= 15 is 0 Å². The fourth-order valence-electron chi connectivity index (χ4n) is 3.45. The topological polar surface area (TPSA) is 90.4 Å². The second-order valence-electron chi connectivity index (χ2n) is 7.44. The van der Waals surface area contributed by atoms with Crippen molar-refractivity contribution in [2.75, 3.05) is 18.5 Å². The van der Waals surface area contributed by atoms with Crippen molar-refractivity contribution in [3.63, 3.8) is 0 Å². The molecule has 1 aromatic heterocycles. The van der Waals surface area contributed by atoms with Crippen molar-refractivity contribution in [2.45, 2.75) is 19.0 Å². The molecule has 0 bridgehead atoms. The second kappa shape index (κ2) is 9.86. The van der Waals surface area contributed by atoms with Gasteiger partial charge in [0.25, 0.3) is 0 Å². The zero-order chi connectivity index (χ0) is 23.5. The van der Waals surface area contributed by atoms with Gasteiger partial charge >= 0.3 is 6.03 Å². The fraction of sp³-hybridized carbons (Fsp3) is 0.227. The molecule has 1 aliphatic rings. The number of nitrogens with one attached hydrogen (secondary N) is 2. The average molecular weight is 494 g/mol. The zero-order valence-corrected chi connectivity index (χ0v) is 18.7. The van der Waals surface area contributed by atoms with Gasteiger partial charge in [0.2, 0.25) is 5.95 Å². The third-order valence-electron chi connectivity index (χ3n) is 5.24. The van der Waals surface area contributed by atoms with Crippen LogP contribution >= 0.6 is 23.2 Å². The van der Waals surface area contributed by atoms with Crippen LogP contribution in [0.3, 0.4) is 0 Å². The predicted octanol–water partition coefficient (Wildman–Crippen LogP) is 4.61. The monoisotopic (exact) mass is 493 g/mol. The Morgan fingerprint density at radius 3 is 2.73 bits per heavy atom. The number of urea groups is 1. The van der Waals surface area contributed by atoms with E-state index in [9.17, 15) is 18.7 Å². The molecule has 1 aliphatic heterocycles. The Bertz CT molecular complexity index is 1200. The minimum atomic E-state index is -0.797. The number of hydrogen-bond acceptors (Lipinski definition) is 5. The number of anilines is 2. The molecule has 172 valence electrons. The van der Waals surface area contributed by atoms with Crippen LogP contribution in [0, 0.1) is 11.6 Å². The van der Waals surface area contributed by atoms with Crippen molar-refractivity contribution in [3.8, 4) is 0 Å². The Labute approximate surface area is 198 Å². The van der Waals surface area contributed by atoms with Crippen LogP contribution in [0.15, 0.2) is 42.6 Å². The number of benzene rings is 2. The van der Waals surface area contributed by atoms with Gasteiger partial charge in [-0.15, -0.1) is 0 Å². The van der Waals surface area contributed by atoms with Gasteiger partial charge in [0.05, 0.1) is 40.6 Å². The average Bonchev–Trinajstić information content (AvgIpc) is 2.80. The zero-order valence-electron chi connectivity index (χ0n) is 17.2. The first kappa shape index (κ1) is 23.2. The molecule has 33 heavy (non-hydrogen) atoms. The van der Waals surface area contributed by atoms with E-state index in [2.05, 4.69) is 20.6 Å². The molecule has 0 aliphatic carbocycles. The number of carbonyl (C=O) groups excluding carboxylic acids is 1. The van der Waals surface area contributed by atoms with Crippen LogP contribution in [-0.2, 0) is 13.0 Å². The van der Waals surface area contributed by atoms with E-state index in [1.54, 1.807) is 17.2 Å². The second-order valence-corrected chi connectivity index (χ2v) is 8.26. The molecule has 0 unspecified atom stereocenters. The molecule has 0 saturated carbocycles. The van der Waals surface area contributed by atoms with Gasteiger partial charge in [0, 0.05) is 12.7 Å². The number of halogens is 4. The number of fused-ring (bicyclic) bond motifs is 1. The highest BCUT2D eigenvalue weighted by Gasteiger charge is 2.25. The minimum absolute atomic E-state index is 0.0413. The van der Waals surface area contributed by atoms with Gasteiger partial charge in [0.15, 0.2) is 0 Å². The van der Waals surface area contributed by atoms with Crippen molar-refractivity contribution in [1.29, 1.82) is 0 Å². The van der Waals surface area contributed by atoms with Gasteiger partial charge in [0.1, 0.15) is 11.6 Å². The summed E-state index contributed by atoms with van der Waals surface area (Å²) in [4.78, 5) is 23.1. The Morgan fingerprint density at radius 2 is 2.00 bits per heavy atom. The molecule has 0 saturated heterocycles. The van der Waals surface area contributed by atoms with E-state index in [0.717, 1.165) is 5.56 Å². The quantitative estimate of drug-likeness (QED) is 0.482. The summed E-state index contributed by atoms with van der Waals surface area (Å²) < 4.78 is 27.1. The minimum Gasteiger partial charge on any atom is -0.394 e. The van der Waals surface area contributed by atoms with Gasteiger partial charge in [-0.2, -0.15) is 0 Å². The van der Waals surface area contributed by atoms with Crippen LogP contribution in [-0.4, -0.2) is 39.2 Å². The SMILES string of the molecule is O=C(N[C@H](CO)c1ccc(Cl)c(F)c1)N1CCc2cnc(Nc3ccc(F)cc3Cl)nc2C1. The molecular formula is C22H19Cl2F2N5O2. The van der Waals surface area contributed by atoms with E-state index in [-0.39, 0.29) is 22.5 Å². The van der Waals surface area contributed by atoms with Crippen molar-refractivity contribution >= 4 is 40.9 Å². The number of rotatable bonds is 5. The number of hydrogen-bond donors (Lipinski definition) is 3. The number of aliphatic hydroxyl groups excluding tert-OH is 1. The summed E-state index contributed by atoms with van der Waals surface area (Å²) in [6.45, 7) is 0.223. The molecule has 3 N–H and O–H groups in total. The first-order chi connectivity index (χ1) is 15.8. The van der Waals surface area contributed by atoms with Crippen LogP contribution in [0.1, 0.15) is 22.9 Å². The van der Waals surface area contributed by atoms with Crippen LogP contribution < -0.4 is 10.6 Å². The summed E-state index contributed by atoms with van der Waals surface area (Å²) >= 11 is 11.8. The molecule has 3 aromatic rings. The van der Waals surface area contributed by atoms with Crippen molar-refractivity contribution in [3.05, 3.63) is 81.1 Å². The van der Waals surface area contributed by atoms with E-state index in [4.69, 9.17) is 23.2 Å². The van der Waals surface area contributed by atoms with Gasteiger partial charge in [-0.25, -0.2) is 23.5 Å². The molecule has 2 heterocycles. The molecule has 7 nitrogen and oxygen atoms in total. The summed E-state index contributed by atoms with van der Waals surface area (Å²) in [5, 5.41) is 15.5. The Balaban J connectivity index is 1.46. The third kappa shape index (κ3) is 5.32. The van der Waals surface area contributed by atoms with Gasteiger partial charge in [-0.3, -0.25) is 0 Å². The maximum Gasteiger partial charge on any atom is 0.318 e. The highest BCUT2D eigenvalue weighted by Crippen LogP contribution is 2.26. The van der Waals surface area contributed by atoms with Crippen LogP contribution in [0.4, 0.5) is 25.2 Å². The highest BCUT2D eigenvalue weighted by atomic mass is 35.5. The lowest BCUT2D eigenvalue weighted by molar-refractivity contribution is 0.176. The molecule has 11 heteroatoms. The molecule has 4 rings (SSSR count). The Morgan fingerprint density at radius 1 is 1.18 bits per heavy atom. The maximum atomic E-state index is 13.8.